The first-order chi connectivity index (χ1) is 12.5. The van der Waals surface area contributed by atoms with Crippen molar-refractivity contribution >= 4 is 11.9 Å². The van der Waals surface area contributed by atoms with Gasteiger partial charge in [-0.25, -0.2) is 14.1 Å². The minimum atomic E-state index is -0.708. The lowest BCUT2D eigenvalue weighted by atomic mass is 9.73. The topological polar surface area (TPSA) is 52.7 Å². The highest BCUT2D eigenvalue weighted by molar-refractivity contribution is 6.07. The Balaban J connectivity index is 1.50. The number of halogens is 1. The molecule has 0 unspecified atom stereocenters. The van der Waals surface area contributed by atoms with Gasteiger partial charge in [-0.1, -0.05) is 31.9 Å². The lowest BCUT2D eigenvalue weighted by Crippen LogP contribution is -2.54. The maximum absolute atomic E-state index is 13.1. The van der Waals surface area contributed by atoms with E-state index in [0.29, 0.717) is 19.3 Å². The van der Waals surface area contributed by atoms with Gasteiger partial charge in [0.2, 0.25) is 0 Å². The van der Waals surface area contributed by atoms with E-state index in [4.69, 9.17) is 0 Å². The largest absolute Gasteiger partial charge is 0.326 e. The van der Waals surface area contributed by atoms with E-state index >= 15 is 0 Å². The van der Waals surface area contributed by atoms with Crippen LogP contribution in [-0.4, -0.2) is 40.0 Å². The predicted octanol–water partition coefficient (Wildman–Crippen LogP) is 3.25. The number of nitrogens with zero attached hydrogens (tertiary/aromatic N) is 2. The molecule has 4 rings (SSSR count). The van der Waals surface area contributed by atoms with Gasteiger partial charge in [0.1, 0.15) is 11.4 Å². The second-order valence-electron chi connectivity index (χ2n) is 8.03. The second kappa shape index (κ2) is 6.65. The Morgan fingerprint density at radius 3 is 2.58 bits per heavy atom. The van der Waals surface area contributed by atoms with Gasteiger partial charge in [0.05, 0.1) is 6.67 Å². The van der Waals surface area contributed by atoms with Crippen molar-refractivity contribution in [2.24, 2.45) is 5.92 Å². The van der Waals surface area contributed by atoms with E-state index in [-0.39, 0.29) is 23.7 Å². The molecule has 0 radical (unpaired) electrons. The molecule has 1 heterocycles. The molecule has 140 valence electrons. The maximum atomic E-state index is 13.1. The normalized spacial score (nSPS) is 28.9. The molecule has 26 heavy (non-hydrogen) atoms. The summed E-state index contributed by atoms with van der Waals surface area (Å²) in [6, 6.07) is 6.55. The molecular weight excluding hydrogens is 333 g/mol. The molecule has 1 N–H and O–H groups in total. The van der Waals surface area contributed by atoms with Gasteiger partial charge in [-0.15, -0.1) is 0 Å². The summed E-state index contributed by atoms with van der Waals surface area (Å²) >= 11 is 0. The predicted molar refractivity (Wildman–Crippen MR) is 95.6 cm³/mol. The third-order valence-electron chi connectivity index (χ3n) is 6.19. The second-order valence-corrected chi connectivity index (χ2v) is 8.03. The number of hydrogen-bond acceptors (Lipinski definition) is 3. The van der Waals surface area contributed by atoms with Crippen LogP contribution in [0.3, 0.4) is 0 Å². The van der Waals surface area contributed by atoms with E-state index in [1.54, 1.807) is 12.1 Å². The van der Waals surface area contributed by atoms with Gasteiger partial charge < -0.3 is 5.32 Å². The summed E-state index contributed by atoms with van der Waals surface area (Å²) in [4.78, 5) is 29.3. The van der Waals surface area contributed by atoms with Crippen molar-refractivity contribution in [2.75, 3.05) is 6.67 Å². The van der Waals surface area contributed by atoms with Crippen LogP contribution in [0.4, 0.5) is 9.18 Å². The quantitative estimate of drug-likeness (QED) is 0.821. The zero-order valence-electron chi connectivity index (χ0n) is 15.2. The van der Waals surface area contributed by atoms with Crippen molar-refractivity contribution < 1.29 is 14.0 Å². The standard InChI is InChI=1S/C20H26FN3O2/c1-14-4-2-3-11-20(14)18(25)24(19(26)22-20)13-23(17-9-10-17)12-15-5-7-16(21)8-6-15/h5-8,14,17H,2-4,9-13H2,1H3,(H,22,26)/t14-,20-/m0/s1. The Labute approximate surface area is 153 Å². The van der Waals surface area contributed by atoms with Crippen molar-refractivity contribution in [3.05, 3.63) is 35.6 Å². The van der Waals surface area contributed by atoms with E-state index in [1.165, 1.54) is 17.0 Å². The van der Waals surface area contributed by atoms with Crippen molar-refractivity contribution in [1.29, 1.82) is 0 Å². The van der Waals surface area contributed by atoms with Crippen LogP contribution >= 0.6 is 0 Å². The summed E-state index contributed by atoms with van der Waals surface area (Å²) in [7, 11) is 0. The Hall–Kier alpha value is -1.95. The van der Waals surface area contributed by atoms with Crippen LogP contribution in [0.2, 0.25) is 0 Å². The van der Waals surface area contributed by atoms with Crippen LogP contribution in [0.25, 0.3) is 0 Å². The zero-order chi connectivity index (χ0) is 18.3. The van der Waals surface area contributed by atoms with E-state index in [9.17, 15) is 14.0 Å². The molecule has 3 aliphatic rings. The average molecular weight is 359 g/mol. The molecule has 1 aromatic rings. The van der Waals surface area contributed by atoms with Crippen LogP contribution in [0.1, 0.15) is 51.0 Å². The molecule has 2 aliphatic carbocycles. The molecule has 0 aromatic heterocycles. The number of nitrogens with one attached hydrogen (secondary N) is 1. The number of carbonyl (C=O) groups is 2. The summed E-state index contributed by atoms with van der Waals surface area (Å²) in [5.41, 5.74) is 0.284. The van der Waals surface area contributed by atoms with Gasteiger partial charge in [-0.2, -0.15) is 0 Å². The summed E-state index contributed by atoms with van der Waals surface area (Å²) in [5, 5.41) is 3.02. The molecule has 6 heteroatoms. The van der Waals surface area contributed by atoms with Gasteiger partial charge in [-0.05, 0) is 49.3 Å². The molecule has 1 aromatic carbocycles. The lowest BCUT2D eigenvalue weighted by molar-refractivity contribution is -0.135. The minimum Gasteiger partial charge on any atom is -0.323 e. The first kappa shape index (κ1) is 17.5. The summed E-state index contributed by atoms with van der Waals surface area (Å²) < 4.78 is 13.1. The van der Waals surface area contributed by atoms with E-state index < -0.39 is 5.54 Å². The fourth-order valence-corrected chi connectivity index (χ4v) is 4.36. The third-order valence-corrected chi connectivity index (χ3v) is 6.19. The summed E-state index contributed by atoms with van der Waals surface area (Å²) in [6.45, 7) is 2.99. The lowest BCUT2D eigenvalue weighted by Gasteiger charge is -2.37. The van der Waals surface area contributed by atoms with Crippen LogP contribution in [0.5, 0.6) is 0 Å². The Bertz CT molecular complexity index is 704. The molecule has 1 saturated heterocycles. The number of carbonyl (C=O) groups excluding carboxylic acids is 2. The van der Waals surface area contributed by atoms with Gasteiger partial charge in [-0.3, -0.25) is 9.69 Å². The third kappa shape index (κ3) is 3.11. The maximum Gasteiger partial charge on any atom is 0.326 e. The highest BCUT2D eigenvalue weighted by Crippen LogP contribution is 2.39. The number of rotatable bonds is 5. The van der Waals surface area contributed by atoms with Crippen LogP contribution in [0.15, 0.2) is 24.3 Å². The van der Waals surface area contributed by atoms with E-state index in [0.717, 1.165) is 44.1 Å². The van der Waals surface area contributed by atoms with Crippen LogP contribution < -0.4 is 5.32 Å². The molecular formula is C20H26FN3O2. The number of amides is 3. The van der Waals surface area contributed by atoms with Crippen LogP contribution in [-0.2, 0) is 11.3 Å². The molecule has 3 amide bonds. The smallest absolute Gasteiger partial charge is 0.323 e. The van der Waals surface area contributed by atoms with Crippen molar-refractivity contribution in [3.63, 3.8) is 0 Å². The first-order valence-corrected chi connectivity index (χ1v) is 9.62. The fraction of sp³-hybridized carbons (Fsp3) is 0.600. The Morgan fingerprint density at radius 2 is 1.92 bits per heavy atom. The number of hydrogen-bond donors (Lipinski definition) is 1. The Kier molecular flexibility index (Phi) is 4.47. The summed E-state index contributed by atoms with van der Waals surface area (Å²) in [6.07, 6.45) is 5.95. The van der Waals surface area contributed by atoms with Crippen molar-refractivity contribution in [1.82, 2.24) is 15.1 Å². The Morgan fingerprint density at radius 1 is 1.19 bits per heavy atom. The molecule has 1 spiro atoms. The van der Waals surface area contributed by atoms with E-state index in [2.05, 4.69) is 17.1 Å². The molecule has 0 bridgehead atoms. The number of imide groups is 1. The highest BCUT2D eigenvalue weighted by Gasteiger charge is 2.55. The van der Waals surface area contributed by atoms with Gasteiger partial charge in [0, 0.05) is 12.6 Å². The highest BCUT2D eigenvalue weighted by atomic mass is 19.1. The number of urea groups is 1. The van der Waals surface area contributed by atoms with Crippen LogP contribution in [0, 0.1) is 11.7 Å². The van der Waals surface area contributed by atoms with Crippen molar-refractivity contribution in [2.45, 2.75) is 63.6 Å². The molecule has 3 fully saturated rings. The molecule has 5 nitrogen and oxygen atoms in total. The minimum absolute atomic E-state index is 0.0699. The average Bonchev–Trinajstić information content (AvgIpc) is 3.43. The molecule has 1 aliphatic heterocycles. The molecule has 2 atom stereocenters. The fourth-order valence-electron chi connectivity index (χ4n) is 4.36. The monoisotopic (exact) mass is 359 g/mol. The number of benzene rings is 1. The van der Waals surface area contributed by atoms with Gasteiger partial charge in [0.25, 0.3) is 5.91 Å². The summed E-state index contributed by atoms with van der Waals surface area (Å²) in [5.74, 6) is -0.155. The molecule has 2 saturated carbocycles. The van der Waals surface area contributed by atoms with E-state index in [1.807, 2.05) is 0 Å². The van der Waals surface area contributed by atoms with Gasteiger partial charge in [0.15, 0.2) is 0 Å². The first-order valence-electron chi connectivity index (χ1n) is 9.62. The van der Waals surface area contributed by atoms with Gasteiger partial charge >= 0.3 is 6.03 Å². The SMILES string of the molecule is C[C@H]1CCCC[C@]12NC(=O)N(CN(Cc1ccc(F)cc1)C1CC1)C2=O. The van der Waals surface area contributed by atoms with Crippen molar-refractivity contribution in [3.8, 4) is 0 Å². The zero-order valence-corrected chi connectivity index (χ0v) is 15.2.